The molecule has 1 saturated heterocycles. The highest BCUT2D eigenvalue weighted by molar-refractivity contribution is 6.09. The molecule has 4 N–H and O–H groups in total. The number of anilines is 1. The Morgan fingerprint density at radius 3 is 2.86 bits per heavy atom. The van der Waals surface area contributed by atoms with Gasteiger partial charge < -0.3 is 15.7 Å². The molecule has 0 amide bonds. The Morgan fingerprint density at radius 2 is 2.03 bits per heavy atom. The summed E-state index contributed by atoms with van der Waals surface area (Å²) in [6, 6.07) is 1.91. The fourth-order valence-corrected chi connectivity index (χ4v) is 3.83. The molecule has 5 rings (SSSR count). The lowest BCUT2D eigenvalue weighted by atomic mass is 10.1. The number of allylic oxidation sites excluding steroid dienone is 1. The number of hydrazone groups is 1. The van der Waals surface area contributed by atoms with Crippen molar-refractivity contribution in [3.63, 3.8) is 0 Å². The molecule has 29 heavy (non-hydrogen) atoms. The van der Waals surface area contributed by atoms with Gasteiger partial charge in [-0.15, -0.1) is 0 Å². The molecule has 1 fully saturated rings. The van der Waals surface area contributed by atoms with Crippen LogP contribution >= 0.6 is 0 Å². The maximum atomic E-state index is 5.24. The van der Waals surface area contributed by atoms with E-state index in [1.54, 1.807) is 12.4 Å². The van der Waals surface area contributed by atoms with Gasteiger partial charge in [-0.2, -0.15) is 10.2 Å². The van der Waals surface area contributed by atoms with Gasteiger partial charge in [0.05, 0.1) is 47.2 Å². The van der Waals surface area contributed by atoms with Crippen LogP contribution in [0.2, 0.25) is 0 Å². The van der Waals surface area contributed by atoms with E-state index in [2.05, 4.69) is 41.7 Å². The van der Waals surface area contributed by atoms with Crippen molar-refractivity contribution in [2.75, 3.05) is 18.0 Å². The zero-order chi connectivity index (χ0) is 19.8. The molecule has 0 unspecified atom stereocenters. The van der Waals surface area contributed by atoms with Crippen LogP contribution in [0.4, 0.5) is 5.69 Å². The van der Waals surface area contributed by atoms with Gasteiger partial charge in [0.1, 0.15) is 11.2 Å². The van der Waals surface area contributed by atoms with Gasteiger partial charge in [0.15, 0.2) is 5.82 Å². The van der Waals surface area contributed by atoms with Crippen molar-refractivity contribution in [3.05, 3.63) is 36.9 Å². The Hall–Kier alpha value is -3.75. The van der Waals surface area contributed by atoms with Crippen LogP contribution in [0.25, 0.3) is 39.0 Å². The first-order valence-corrected chi connectivity index (χ1v) is 9.60. The highest BCUT2D eigenvalue weighted by atomic mass is 15.2. The van der Waals surface area contributed by atoms with Gasteiger partial charge in [-0.05, 0) is 25.3 Å². The summed E-state index contributed by atoms with van der Waals surface area (Å²) in [6.07, 6.45) is 10.6. The van der Waals surface area contributed by atoms with E-state index in [1.165, 1.54) is 25.5 Å². The summed E-state index contributed by atoms with van der Waals surface area (Å²) in [5, 5.41) is 11.9. The number of piperidine rings is 1. The van der Waals surface area contributed by atoms with E-state index in [9.17, 15) is 0 Å². The van der Waals surface area contributed by atoms with E-state index in [0.29, 0.717) is 17.1 Å². The first kappa shape index (κ1) is 17.4. The molecule has 0 radical (unpaired) electrons. The number of imidazole rings is 1. The number of nitrogens with two attached hydrogens (primary N) is 1. The van der Waals surface area contributed by atoms with Crippen LogP contribution < -0.4 is 10.7 Å². The third kappa shape index (κ3) is 3.00. The molecule has 9 heteroatoms. The minimum Gasteiger partial charge on any atom is -0.368 e. The summed E-state index contributed by atoms with van der Waals surface area (Å²) in [7, 11) is 0. The lowest BCUT2D eigenvalue weighted by Gasteiger charge is -2.28. The van der Waals surface area contributed by atoms with Gasteiger partial charge in [0, 0.05) is 24.0 Å². The van der Waals surface area contributed by atoms with E-state index in [4.69, 9.17) is 10.8 Å². The average molecular weight is 387 g/mol. The maximum absolute atomic E-state index is 5.24. The van der Waals surface area contributed by atoms with E-state index >= 15 is 0 Å². The molecule has 0 saturated carbocycles. The van der Waals surface area contributed by atoms with Crippen molar-refractivity contribution in [2.24, 2.45) is 10.9 Å². The van der Waals surface area contributed by atoms with Crippen LogP contribution in [0.3, 0.4) is 0 Å². The average Bonchev–Trinajstić information content (AvgIpc) is 3.37. The van der Waals surface area contributed by atoms with Crippen LogP contribution in [-0.4, -0.2) is 49.4 Å². The lowest BCUT2D eigenvalue weighted by molar-refractivity contribution is 0.578. The number of nitrogens with zero attached hydrogens (tertiary/aromatic N) is 6. The Bertz CT molecular complexity index is 1230. The van der Waals surface area contributed by atoms with E-state index in [1.807, 2.05) is 12.3 Å². The molecule has 1 aliphatic rings. The van der Waals surface area contributed by atoms with E-state index < -0.39 is 0 Å². The molecule has 0 spiro atoms. The molecular weight excluding hydrogens is 366 g/mol. The van der Waals surface area contributed by atoms with Crippen molar-refractivity contribution in [3.8, 4) is 11.5 Å². The van der Waals surface area contributed by atoms with Gasteiger partial charge in [-0.3, -0.25) is 15.1 Å². The predicted molar refractivity (Wildman–Crippen MR) is 115 cm³/mol. The Balaban J connectivity index is 1.61. The van der Waals surface area contributed by atoms with E-state index in [-0.39, 0.29) is 0 Å². The minimum atomic E-state index is 0.628. The summed E-state index contributed by atoms with van der Waals surface area (Å²) in [5.74, 6) is 5.92. The zero-order valence-electron chi connectivity index (χ0n) is 15.9. The van der Waals surface area contributed by atoms with Gasteiger partial charge in [-0.1, -0.05) is 6.58 Å². The van der Waals surface area contributed by atoms with Crippen LogP contribution in [0, 0.1) is 0 Å². The van der Waals surface area contributed by atoms with Gasteiger partial charge in [0.25, 0.3) is 0 Å². The molecule has 146 valence electrons. The fourth-order valence-electron chi connectivity index (χ4n) is 3.83. The maximum Gasteiger partial charge on any atom is 0.159 e. The quantitative estimate of drug-likeness (QED) is 0.281. The first-order chi connectivity index (χ1) is 14.2. The smallest absolute Gasteiger partial charge is 0.159 e. The summed E-state index contributed by atoms with van der Waals surface area (Å²) < 4.78 is 0. The number of pyridine rings is 2. The van der Waals surface area contributed by atoms with Crippen molar-refractivity contribution in [1.82, 2.24) is 30.1 Å². The Morgan fingerprint density at radius 1 is 1.17 bits per heavy atom. The van der Waals surface area contributed by atoms with Crippen LogP contribution in [0.5, 0.6) is 0 Å². The number of rotatable bonds is 4. The SMILES string of the molecule is C=C(/C=N\N)c1cc2c(-c3nc4c(N5CCCCC5)cncc4[nH]3)n[nH]c2cn1. The summed E-state index contributed by atoms with van der Waals surface area (Å²) in [4.78, 5) is 19.4. The molecule has 4 aromatic rings. The van der Waals surface area contributed by atoms with Gasteiger partial charge in [-0.25, -0.2) is 4.98 Å². The Labute approximate surface area is 166 Å². The second-order valence-corrected chi connectivity index (χ2v) is 7.18. The van der Waals surface area contributed by atoms with Crippen molar-refractivity contribution >= 4 is 39.4 Å². The minimum absolute atomic E-state index is 0.628. The number of hydrogen-bond acceptors (Lipinski definition) is 7. The highest BCUT2D eigenvalue weighted by Crippen LogP contribution is 2.31. The first-order valence-electron chi connectivity index (χ1n) is 9.60. The number of aromatic nitrogens is 6. The normalized spacial score (nSPS) is 15.0. The van der Waals surface area contributed by atoms with Crippen molar-refractivity contribution < 1.29 is 0 Å². The molecule has 0 aliphatic carbocycles. The van der Waals surface area contributed by atoms with Crippen molar-refractivity contribution in [1.29, 1.82) is 0 Å². The number of aromatic amines is 2. The molecule has 1 aliphatic heterocycles. The molecule has 0 aromatic carbocycles. The zero-order valence-corrected chi connectivity index (χ0v) is 15.9. The second-order valence-electron chi connectivity index (χ2n) is 7.18. The van der Waals surface area contributed by atoms with Crippen molar-refractivity contribution in [2.45, 2.75) is 19.3 Å². The topological polar surface area (TPSA) is 125 Å². The molecule has 4 aromatic heterocycles. The number of nitrogens with one attached hydrogen (secondary N) is 2. The summed E-state index contributed by atoms with van der Waals surface area (Å²) in [6.45, 7) is 6.02. The van der Waals surface area contributed by atoms with Gasteiger partial charge in [0.2, 0.25) is 0 Å². The monoisotopic (exact) mass is 387 g/mol. The number of fused-ring (bicyclic) bond motifs is 2. The lowest BCUT2D eigenvalue weighted by Crippen LogP contribution is -2.29. The fraction of sp³-hybridized carbons (Fsp3) is 0.250. The van der Waals surface area contributed by atoms with E-state index in [0.717, 1.165) is 46.4 Å². The largest absolute Gasteiger partial charge is 0.368 e. The highest BCUT2D eigenvalue weighted by Gasteiger charge is 2.19. The summed E-state index contributed by atoms with van der Waals surface area (Å²) in [5.41, 5.74) is 5.73. The van der Waals surface area contributed by atoms with Crippen LogP contribution in [0.1, 0.15) is 25.0 Å². The standard InChI is InChI=1S/C20H21N9/c1-12(8-24-21)14-7-13-15(10-23-14)27-28-18(13)20-25-16-9-22-11-17(19(16)26-20)29-5-3-2-4-6-29/h7-11H,1-6,21H2,(H,25,26)(H,27,28)/b24-8-. The molecular formula is C20H21N9. The number of H-pyrrole nitrogens is 2. The molecule has 0 bridgehead atoms. The Kier molecular flexibility index (Phi) is 4.19. The summed E-state index contributed by atoms with van der Waals surface area (Å²) >= 11 is 0. The molecule has 9 nitrogen and oxygen atoms in total. The third-order valence-corrected chi connectivity index (χ3v) is 5.30. The molecule has 5 heterocycles. The number of hydrogen-bond donors (Lipinski definition) is 3. The van der Waals surface area contributed by atoms with Crippen LogP contribution in [0.15, 0.2) is 36.3 Å². The van der Waals surface area contributed by atoms with Gasteiger partial charge >= 0.3 is 0 Å². The third-order valence-electron chi connectivity index (χ3n) is 5.30. The molecule has 0 atom stereocenters. The predicted octanol–water partition coefficient (Wildman–Crippen LogP) is 2.84. The second kappa shape index (κ2) is 7.01. The van der Waals surface area contributed by atoms with Crippen LogP contribution in [-0.2, 0) is 0 Å².